The van der Waals surface area contributed by atoms with Gasteiger partial charge in [-0.25, -0.2) is 9.59 Å². The Labute approximate surface area is 203 Å². The zero-order chi connectivity index (χ0) is 25.9. The molecule has 2 heterocycles. The number of ketones is 1. The van der Waals surface area contributed by atoms with E-state index in [1.807, 2.05) is 0 Å². The SMILES string of the molecule is CC[C@](C)(O)C(=O)O[C@H]1C(=O)O[C@@H]2C[C@H]3C(C)=CC(=O)[C@@H](O)[C@]3(C)C3[C@@]24CO[C@@]3(O)[C@H](O)[C@H](C)C14. The fourth-order valence-corrected chi connectivity index (χ4v) is 8.12. The van der Waals surface area contributed by atoms with Crippen LogP contribution in [0.3, 0.4) is 0 Å². The van der Waals surface area contributed by atoms with Crippen molar-refractivity contribution in [2.45, 2.75) is 83.3 Å². The second-order valence-electron chi connectivity index (χ2n) is 11.6. The van der Waals surface area contributed by atoms with Crippen molar-refractivity contribution in [3.63, 3.8) is 0 Å². The van der Waals surface area contributed by atoms with Gasteiger partial charge in [-0.3, -0.25) is 4.79 Å². The summed E-state index contributed by atoms with van der Waals surface area (Å²) in [5.41, 5.74) is -3.54. The monoisotopic (exact) mass is 494 g/mol. The summed E-state index contributed by atoms with van der Waals surface area (Å²) < 4.78 is 17.4. The van der Waals surface area contributed by atoms with Crippen LogP contribution in [0.4, 0.5) is 0 Å². The number of esters is 2. The molecule has 35 heavy (non-hydrogen) atoms. The molecule has 4 fully saturated rings. The minimum absolute atomic E-state index is 0.0510. The highest BCUT2D eigenvalue weighted by Crippen LogP contribution is 2.73. The van der Waals surface area contributed by atoms with Crippen LogP contribution >= 0.6 is 0 Å². The van der Waals surface area contributed by atoms with Crippen LogP contribution in [0.25, 0.3) is 0 Å². The molecule has 0 radical (unpaired) electrons. The van der Waals surface area contributed by atoms with Gasteiger partial charge >= 0.3 is 11.9 Å². The van der Waals surface area contributed by atoms with Crippen molar-refractivity contribution >= 4 is 17.7 Å². The zero-order valence-corrected chi connectivity index (χ0v) is 20.6. The molecule has 10 heteroatoms. The Kier molecular flexibility index (Phi) is 5.21. The quantitative estimate of drug-likeness (QED) is 0.389. The molecule has 3 aliphatic carbocycles. The molecular weight excluding hydrogens is 460 g/mol. The molecule has 2 saturated carbocycles. The Balaban J connectivity index is 1.69. The van der Waals surface area contributed by atoms with Gasteiger partial charge in [-0.05, 0) is 44.6 Å². The number of allylic oxidation sites excluding steroid dienone is 1. The first-order chi connectivity index (χ1) is 16.2. The van der Waals surface area contributed by atoms with Crippen LogP contribution in [0, 0.1) is 34.5 Å². The lowest BCUT2D eigenvalue weighted by molar-refractivity contribution is -0.340. The molecule has 0 amide bonds. The van der Waals surface area contributed by atoms with Crippen molar-refractivity contribution < 1.29 is 49.0 Å². The maximum Gasteiger partial charge on any atom is 0.348 e. The first-order valence-electron chi connectivity index (χ1n) is 12.3. The van der Waals surface area contributed by atoms with Crippen molar-refractivity contribution in [3.05, 3.63) is 11.6 Å². The maximum absolute atomic E-state index is 13.3. The van der Waals surface area contributed by atoms with Gasteiger partial charge in [-0.15, -0.1) is 0 Å². The summed E-state index contributed by atoms with van der Waals surface area (Å²) in [6.07, 6.45) is -3.51. The minimum atomic E-state index is -2.12. The summed E-state index contributed by atoms with van der Waals surface area (Å²) in [5, 5.41) is 44.8. The standard InChI is InChI=1S/C25H34O10/c1-6-22(4,31)21(30)35-16-15-11(3)17(27)25(32)20-23(5)12(10(2)7-13(26)18(23)28)8-14(34-19(16)29)24(15,20)9-33-25/h7,11-12,14-18,20,27-28,31-32H,6,8-9H2,1-5H3/t11-,12+,14-,15?,16-,17-,18-,20?,22+,23-,24+,25+/m1/s1. The van der Waals surface area contributed by atoms with Gasteiger partial charge in [-0.2, -0.15) is 0 Å². The number of fused-ring (bicyclic) bond motifs is 1. The number of carbonyl (C=O) groups is 3. The minimum Gasteiger partial charge on any atom is -0.459 e. The van der Waals surface area contributed by atoms with Gasteiger partial charge in [0.25, 0.3) is 0 Å². The topological polar surface area (TPSA) is 160 Å². The van der Waals surface area contributed by atoms with E-state index in [9.17, 15) is 34.8 Å². The lowest BCUT2D eigenvalue weighted by Crippen LogP contribution is -2.78. The fourth-order valence-electron chi connectivity index (χ4n) is 8.12. The zero-order valence-electron chi connectivity index (χ0n) is 20.6. The summed E-state index contributed by atoms with van der Waals surface area (Å²) in [6.45, 7) is 7.88. The molecule has 0 aromatic carbocycles. The van der Waals surface area contributed by atoms with Crippen LogP contribution < -0.4 is 0 Å². The lowest BCUT2D eigenvalue weighted by Gasteiger charge is -2.68. The highest BCUT2D eigenvalue weighted by atomic mass is 16.7. The van der Waals surface area contributed by atoms with Gasteiger partial charge < -0.3 is 34.6 Å². The summed E-state index contributed by atoms with van der Waals surface area (Å²) >= 11 is 0. The van der Waals surface area contributed by atoms with Gasteiger partial charge in [0, 0.05) is 22.7 Å². The second-order valence-corrected chi connectivity index (χ2v) is 11.6. The van der Waals surface area contributed by atoms with Crippen molar-refractivity contribution in [2.24, 2.45) is 34.5 Å². The van der Waals surface area contributed by atoms with Crippen molar-refractivity contribution in [1.29, 1.82) is 0 Å². The molecule has 5 aliphatic rings. The Hall–Kier alpha value is -1.85. The highest BCUT2D eigenvalue weighted by molar-refractivity contribution is 5.96. The fraction of sp³-hybridized carbons (Fsp3) is 0.800. The third kappa shape index (κ3) is 2.80. The van der Waals surface area contributed by atoms with E-state index < -0.39 is 88.0 Å². The number of hydrogen-bond acceptors (Lipinski definition) is 10. The Morgan fingerprint density at radius 1 is 1.31 bits per heavy atom. The van der Waals surface area contributed by atoms with Crippen LogP contribution in [0.2, 0.25) is 0 Å². The summed E-state index contributed by atoms with van der Waals surface area (Å²) in [5.74, 6) is -7.47. The van der Waals surface area contributed by atoms with E-state index in [4.69, 9.17) is 14.2 Å². The Bertz CT molecular complexity index is 1020. The van der Waals surface area contributed by atoms with Gasteiger partial charge in [0.2, 0.25) is 6.10 Å². The molecule has 2 saturated heterocycles. The van der Waals surface area contributed by atoms with E-state index in [1.54, 1.807) is 27.7 Å². The van der Waals surface area contributed by atoms with Gasteiger partial charge in [0.05, 0.1) is 6.61 Å². The number of aliphatic hydroxyl groups excluding tert-OH is 2. The Morgan fingerprint density at radius 2 is 1.97 bits per heavy atom. The van der Waals surface area contributed by atoms with E-state index in [0.717, 1.165) is 0 Å². The maximum atomic E-state index is 13.3. The predicted molar refractivity (Wildman–Crippen MR) is 117 cm³/mol. The van der Waals surface area contributed by atoms with Gasteiger partial charge in [-0.1, -0.05) is 26.3 Å². The summed E-state index contributed by atoms with van der Waals surface area (Å²) in [7, 11) is 0. The molecule has 10 nitrogen and oxygen atoms in total. The van der Waals surface area contributed by atoms with E-state index >= 15 is 0 Å². The molecule has 5 rings (SSSR count). The molecule has 2 bridgehead atoms. The predicted octanol–water partition coefficient (Wildman–Crippen LogP) is -0.151. The molecular formula is C25H34O10. The van der Waals surface area contributed by atoms with Crippen LogP contribution in [0.15, 0.2) is 11.6 Å². The summed E-state index contributed by atoms with van der Waals surface area (Å²) in [4.78, 5) is 38.8. The van der Waals surface area contributed by atoms with Crippen LogP contribution in [0.1, 0.15) is 47.5 Å². The molecule has 2 unspecified atom stereocenters. The first-order valence-corrected chi connectivity index (χ1v) is 12.3. The molecule has 12 atom stereocenters. The van der Waals surface area contributed by atoms with Crippen molar-refractivity contribution in [3.8, 4) is 0 Å². The number of aliphatic hydroxyl groups is 4. The van der Waals surface area contributed by atoms with Crippen LogP contribution in [-0.2, 0) is 28.6 Å². The second kappa shape index (κ2) is 7.35. The van der Waals surface area contributed by atoms with Crippen LogP contribution in [0.5, 0.6) is 0 Å². The molecule has 1 spiro atoms. The van der Waals surface area contributed by atoms with Gasteiger partial charge in [0.1, 0.15) is 18.3 Å². The van der Waals surface area contributed by atoms with Crippen LogP contribution in [-0.4, -0.2) is 80.6 Å². The number of hydrogen-bond donors (Lipinski definition) is 4. The van der Waals surface area contributed by atoms with E-state index in [1.165, 1.54) is 13.0 Å². The largest absolute Gasteiger partial charge is 0.459 e. The number of rotatable bonds is 3. The lowest BCUT2D eigenvalue weighted by atomic mass is 9.38. The third-order valence-corrected chi connectivity index (χ3v) is 9.99. The van der Waals surface area contributed by atoms with Crippen molar-refractivity contribution in [1.82, 2.24) is 0 Å². The average molecular weight is 495 g/mol. The van der Waals surface area contributed by atoms with E-state index in [-0.39, 0.29) is 19.4 Å². The Morgan fingerprint density at radius 3 is 2.60 bits per heavy atom. The molecule has 194 valence electrons. The van der Waals surface area contributed by atoms with Crippen molar-refractivity contribution in [2.75, 3.05) is 6.61 Å². The normalized spacial score (nSPS) is 52.0. The molecule has 4 N–H and O–H groups in total. The third-order valence-electron chi connectivity index (χ3n) is 9.99. The molecule has 2 aliphatic heterocycles. The average Bonchev–Trinajstić information content (AvgIpc) is 3.08. The van der Waals surface area contributed by atoms with E-state index in [2.05, 4.69) is 0 Å². The smallest absolute Gasteiger partial charge is 0.348 e. The molecule has 0 aromatic heterocycles. The summed E-state index contributed by atoms with van der Waals surface area (Å²) in [6, 6.07) is 0. The van der Waals surface area contributed by atoms with E-state index in [0.29, 0.717) is 5.57 Å². The first kappa shape index (κ1) is 24.8. The number of carbonyl (C=O) groups excluding carboxylic acids is 3. The van der Waals surface area contributed by atoms with Gasteiger partial charge in [0.15, 0.2) is 17.2 Å². The molecule has 0 aromatic rings. The highest BCUT2D eigenvalue weighted by Gasteiger charge is 2.83. The number of ether oxygens (including phenoxy) is 3.